The Morgan fingerprint density at radius 1 is 1.19 bits per heavy atom. The summed E-state index contributed by atoms with van der Waals surface area (Å²) in [6.07, 6.45) is 0. The molecule has 0 bridgehead atoms. The monoisotopic (exact) mass is 386 g/mol. The predicted octanol–water partition coefficient (Wildman–Crippen LogP) is 4.40. The maximum atomic E-state index is 13.9. The van der Waals surface area contributed by atoms with E-state index in [1.54, 1.807) is 18.2 Å². The Bertz CT molecular complexity index is 926. The van der Waals surface area contributed by atoms with Crippen molar-refractivity contribution < 1.29 is 9.13 Å². The van der Waals surface area contributed by atoms with Crippen molar-refractivity contribution in [3.05, 3.63) is 59.4 Å². The van der Waals surface area contributed by atoms with Gasteiger partial charge in [0.25, 0.3) is 0 Å². The van der Waals surface area contributed by atoms with Gasteiger partial charge in [-0.05, 0) is 48.2 Å². The van der Waals surface area contributed by atoms with Gasteiger partial charge in [0, 0.05) is 5.75 Å². The van der Waals surface area contributed by atoms with E-state index in [-0.39, 0.29) is 5.82 Å². The highest BCUT2D eigenvalue weighted by Gasteiger charge is 2.15. The molecule has 2 aromatic carbocycles. The third-order valence-corrected chi connectivity index (χ3v) is 5.13. The number of rotatable bonds is 7. The molecule has 0 radical (unpaired) electrons. The molecular formula is C20H23FN4OS. The van der Waals surface area contributed by atoms with Crippen molar-refractivity contribution in [1.82, 2.24) is 14.9 Å². The van der Waals surface area contributed by atoms with E-state index in [2.05, 4.69) is 43.1 Å². The van der Waals surface area contributed by atoms with Gasteiger partial charge in [0.15, 0.2) is 5.82 Å². The fraction of sp³-hybridized carbons (Fsp3) is 0.300. The highest BCUT2D eigenvalue weighted by Crippen LogP contribution is 2.25. The average molecular weight is 386 g/mol. The van der Waals surface area contributed by atoms with Gasteiger partial charge in [-0.15, -0.1) is 10.2 Å². The summed E-state index contributed by atoms with van der Waals surface area (Å²) in [5, 5.41) is 8.58. The number of nitrogen functional groups attached to an aromatic ring is 1. The van der Waals surface area contributed by atoms with Gasteiger partial charge in [-0.1, -0.05) is 43.8 Å². The summed E-state index contributed by atoms with van der Waals surface area (Å²) in [7, 11) is 0. The van der Waals surface area contributed by atoms with Gasteiger partial charge in [0.1, 0.15) is 11.6 Å². The lowest BCUT2D eigenvalue weighted by atomic mass is 9.98. The molecule has 7 heteroatoms. The summed E-state index contributed by atoms with van der Waals surface area (Å²) in [5.41, 5.74) is 2.89. The number of hydrogen-bond acceptors (Lipinski definition) is 5. The first-order valence-electron chi connectivity index (χ1n) is 8.79. The second-order valence-electron chi connectivity index (χ2n) is 6.53. The van der Waals surface area contributed by atoms with Crippen molar-refractivity contribution >= 4 is 11.8 Å². The van der Waals surface area contributed by atoms with Gasteiger partial charge in [0.2, 0.25) is 5.16 Å². The van der Waals surface area contributed by atoms with Crippen LogP contribution in [0, 0.1) is 12.7 Å². The van der Waals surface area contributed by atoms with Gasteiger partial charge in [-0.25, -0.2) is 9.07 Å². The fourth-order valence-corrected chi connectivity index (χ4v) is 3.55. The van der Waals surface area contributed by atoms with E-state index in [1.165, 1.54) is 33.6 Å². The van der Waals surface area contributed by atoms with Crippen molar-refractivity contribution in [1.29, 1.82) is 0 Å². The number of aromatic nitrogens is 3. The van der Waals surface area contributed by atoms with Crippen molar-refractivity contribution in [3.63, 3.8) is 0 Å². The molecular weight excluding hydrogens is 363 g/mol. The highest BCUT2D eigenvalue weighted by molar-refractivity contribution is 7.99. The van der Waals surface area contributed by atoms with E-state index in [1.807, 2.05) is 6.07 Å². The summed E-state index contributed by atoms with van der Waals surface area (Å²) in [5.74, 6) is 7.94. The van der Waals surface area contributed by atoms with E-state index >= 15 is 0 Å². The van der Waals surface area contributed by atoms with Crippen LogP contribution in [0.1, 0.15) is 30.9 Å². The molecule has 0 amide bonds. The van der Waals surface area contributed by atoms with Gasteiger partial charge in [-0.3, -0.25) is 0 Å². The Balaban J connectivity index is 1.57. The lowest BCUT2D eigenvalue weighted by Crippen LogP contribution is -2.12. The molecule has 5 nitrogen and oxygen atoms in total. The largest absolute Gasteiger partial charge is 0.493 e. The Morgan fingerprint density at radius 3 is 2.67 bits per heavy atom. The molecule has 0 spiro atoms. The lowest BCUT2D eigenvalue weighted by molar-refractivity contribution is 0.343. The first kappa shape index (κ1) is 19.2. The van der Waals surface area contributed by atoms with Gasteiger partial charge >= 0.3 is 0 Å². The van der Waals surface area contributed by atoms with Crippen LogP contribution in [0.15, 0.2) is 47.6 Å². The molecule has 0 saturated heterocycles. The van der Waals surface area contributed by atoms with Crippen molar-refractivity contribution in [2.75, 3.05) is 18.2 Å². The lowest BCUT2D eigenvalue weighted by Gasteiger charge is -2.12. The number of nitrogens with two attached hydrogens (primary N) is 1. The molecule has 0 aliphatic carbocycles. The van der Waals surface area contributed by atoms with E-state index in [4.69, 9.17) is 10.6 Å². The molecule has 0 fully saturated rings. The summed E-state index contributed by atoms with van der Waals surface area (Å²) in [6, 6.07) is 12.5. The van der Waals surface area contributed by atoms with Crippen LogP contribution in [0.25, 0.3) is 11.4 Å². The maximum absolute atomic E-state index is 13.9. The maximum Gasteiger partial charge on any atom is 0.210 e. The van der Waals surface area contributed by atoms with Crippen LogP contribution < -0.4 is 10.6 Å². The summed E-state index contributed by atoms with van der Waals surface area (Å²) in [4.78, 5) is 0. The number of hydrogen-bond donors (Lipinski definition) is 1. The molecule has 3 aromatic rings. The van der Waals surface area contributed by atoms with Crippen LogP contribution >= 0.6 is 11.8 Å². The predicted molar refractivity (Wildman–Crippen MR) is 107 cm³/mol. The molecule has 0 aliphatic heterocycles. The van der Waals surface area contributed by atoms with Crippen molar-refractivity contribution in [2.45, 2.75) is 31.8 Å². The number of nitrogens with zero attached hydrogens (tertiary/aromatic N) is 3. The Kier molecular flexibility index (Phi) is 6.01. The fourth-order valence-electron chi connectivity index (χ4n) is 2.88. The molecule has 1 aromatic heterocycles. The Labute approximate surface area is 162 Å². The molecule has 0 saturated carbocycles. The smallest absolute Gasteiger partial charge is 0.210 e. The summed E-state index contributed by atoms with van der Waals surface area (Å²) < 4.78 is 21.0. The average Bonchev–Trinajstić information content (AvgIpc) is 2.99. The summed E-state index contributed by atoms with van der Waals surface area (Å²) >= 11 is 1.42. The van der Waals surface area contributed by atoms with Crippen LogP contribution in [0.2, 0.25) is 0 Å². The normalized spacial score (nSPS) is 11.1. The molecule has 27 heavy (non-hydrogen) atoms. The minimum Gasteiger partial charge on any atom is -0.493 e. The Hall–Kier alpha value is -2.54. The quantitative estimate of drug-likeness (QED) is 0.370. The third-order valence-electron chi connectivity index (χ3n) is 4.23. The van der Waals surface area contributed by atoms with Crippen LogP contribution in [0.3, 0.4) is 0 Å². The molecule has 142 valence electrons. The third kappa shape index (κ3) is 4.42. The summed E-state index contributed by atoms with van der Waals surface area (Å²) in [6.45, 7) is 6.96. The molecule has 0 unspecified atom stereocenters. The first-order valence-corrected chi connectivity index (χ1v) is 9.77. The first-order chi connectivity index (χ1) is 13.0. The van der Waals surface area contributed by atoms with E-state index < -0.39 is 0 Å². The van der Waals surface area contributed by atoms with E-state index in [9.17, 15) is 4.39 Å². The topological polar surface area (TPSA) is 66.0 Å². The molecule has 3 rings (SSSR count). The molecule has 0 atom stereocenters. The van der Waals surface area contributed by atoms with Crippen molar-refractivity contribution in [3.8, 4) is 17.1 Å². The zero-order valence-electron chi connectivity index (χ0n) is 15.6. The van der Waals surface area contributed by atoms with Crippen LogP contribution in [0.5, 0.6) is 5.75 Å². The number of benzene rings is 2. The van der Waals surface area contributed by atoms with Crippen molar-refractivity contribution in [2.24, 2.45) is 0 Å². The molecule has 1 heterocycles. The second-order valence-corrected chi connectivity index (χ2v) is 7.59. The Morgan fingerprint density at radius 2 is 1.96 bits per heavy atom. The minimum absolute atomic E-state index is 0.302. The van der Waals surface area contributed by atoms with Gasteiger partial charge in [-0.2, -0.15) is 0 Å². The van der Waals surface area contributed by atoms with E-state index in [0.29, 0.717) is 34.8 Å². The second kappa shape index (κ2) is 8.43. The minimum atomic E-state index is -0.378. The standard InChI is InChI=1S/C20H23FN4OS/c1-13(2)16-9-8-15(12-14(16)3)26-10-11-27-20-24-23-19(25(20)22)17-6-4-5-7-18(17)21/h4-9,12-13H,10-11,22H2,1-3H3. The van der Waals surface area contributed by atoms with Crippen LogP contribution in [0.4, 0.5) is 4.39 Å². The zero-order valence-corrected chi connectivity index (χ0v) is 16.5. The zero-order chi connectivity index (χ0) is 19.4. The van der Waals surface area contributed by atoms with Gasteiger partial charge < -0.3 is 10.6 Å². The highest BCUT2D eigenvalue weighted by atomic mass is 32.2. The molecule has 2 N–H and O–H groups in total. The van der Waals surface area contributed by atoms with Crippen LogP contribution in [-0.2, 0) is 0 Å². The number of thioether (sulfide) groups is 1. The SMILES string of the molecule is Cc1cc(OCCSc2nnc(-c3ccccc3F)n2N)ccc1C(C)C. The van der Waals surface area contributed by atoms with E-state index in [0.717, 1.165) is 5.75 Å². The number of aryl methyl sites for hydroxylation is 1. The van der Waals surface area contributed by atoms with Gasteiger partial charge in [0.05, 0.1) is 12.2 Å². The van der Waals surface area contributed by atoms with Crippen LogP contribution in [-0.4, -0.2) is 27.2 Å². The molecule has 0 aliphatic rings. The number of halogens is 1. The number of ether oxygens (including phenoxy) is 1.